The predicted octanol–water partition coefficient (Wildman–Crippen LogP) is 3.84. The summed E-state index contributed by atoms with van der Waals surface area (Å²) in [6.07, 6.45) is 2.02. The zero-order chi connectivity index (χ0) is 29.1. The van der Waals surface area contributed by atoms with Gasteiger partial charge in [0.05, 0.1) is 17.9 Å². The Bertz CT molecular complexity index is 1290. The third-order valence-corrected chi connectivity index (χ3v) is 11.2. The van der Waals surface area contributed by atoms with Crippen molar-refractivity contribution in [1.29, 1.82) is 0 Å². The van der Waals surface area contributed by atoms with E-state index >= 15 is 0 Å². The number of rotatable bonds is 3. The molecule has 0 spiro atoms. The number of allylic oxidation sites excluding steroid dienone is 3. The summed E-state index contributed by atoms with van der Waals surface area (Å²) >= 11 is 0. The van der Waals surface area contributed by atoms with Crippen LogP contribution in [-0.2, 0) is 42.9 Å². The van der Waals surface area contributed by atoms with Crippen LogP contribution in [0.4, 0.5) is 0 Å². The SMILES string of the molecule is CO[13C](=O)[C@]12[13C](OC(C)=O)=C(C)C(=O)[C@@]1(C)C(C)=C[C@@H]1[C@@]34CC[C@@H](OC(C)=O)C(C)(C)C3[C@@H](C[C@]12C)OC4=O. The van der Waals surface area contributed by atoms with Crippen molar-refractivity contribution >= 4 is 29.7 Å². The molecule has 39 heavy (non-hydrogen) atoms. The maximum atomic E-state index is 14.2. The number of carbonyl (C=O) groups is 5. The van der Waals surface area contributed by atoms with Gasteiger partial charge < -0.3 is 18.9 Å². The van der Waals surface area contributed by atoms with Gasteiger partial charge in [0.15, 0.2) is 5.78 Å². The molecule has 0 N–H and O–H groups in total. The third-order valence-electron chi connectivity index (χ3n) is 11.2. The summed E-state index contributed by atoms with van der Waals surface area (Å²) in [6.45, 7) is 13.6. The van der Waals surface area contributed by atoms with Crippen LogP contribution >= 0.6 is 0 Å². The van der Waals surface area contributed by atoms with Gasteiger partial charge in [0.2, 0.25) is 0 Å². The van der Waals surface area contributed by atoms with Gasteiger partial charge in [-0.3, -0.25) is 24.0 Å². The molecule has 1 aliphatic heterocycles. The maximum Gasteiger partial charge on any atom is 0.321 e. The summed E-state index contributed by atoms with van der Waals surface area (Å²) in [5, 5.41) is 0. The maximum absolute atomic E-state index is 14.2. The van der Waals surface area contributed by atoms with Gasteiger partial charge in [-0.15, -0.1) is 0 Å². The summed E-state index contributed by atoms with van der Waals surface area (Å²) in [6, 6.07) is 0. The van der Waals surface area contributed by atoms with E-state index in [0.29, 0.717) is 18.4 Å². The lowest BCUT2D eigenvalue weighted by atomic mass is 9.36. The first-order chi connectivity index (χ1) is 18.0. The molecular weight excluding hydrogens is 506 g/mol. The fourth-order valence-electron chi connectivity index (χ4n) is 9.85. The van der Waals surface area contributed by atoms with Gasteiger partial charge in [-0.05, 0) is 40.0 Å². The van der Waals surface area contributed by atoms with Gasteiger partial charge >= 0.3 is 23.9 Å². The Hall–Kier alpha value is -2.97. The average Bonchev–Trinajstić information content (AvgIpc) is 3.17. The topological polar surface area (TPSA) is 122 Å². The van der Waals surface area contributed by atoms with Crippen LogP contribution in [0.3, 0.4) is 0 Å². The van der Waals surface area contributed by atoms with Gasteiger partial charge in [-0.2, -0.15) is 0 Å². The first-order valence-electron chi connectivity index (χ1n) is 13.6. The predicted molar refractivity (Wildman–Crippen MR) is 136 cm³/mol. The van der Waals surface area contributed by atoms with Crippen molar-refractivity contribution in [3.63, 3.8) is 0 Å². The van der Waals surface area contributed by atoms with E-state index in [0.717, 1.165) is 0 Å². The summed E-state index contributed by atoms with van der Waals surface area (Å²) in [5.74, 6) is -3.21. The second-order valence-electron chi connectivity index (χ2n) is 13.1. The number of methoxy groups -OCH3 is 1. The number of ketones is 1. The van der Waals surface area contributed by atoms with Crippen molar-refractivity contribution in [2.75, 3.05) is 7.11 Å². The fourth-order valence-corrected chi connectivity index (χ4v) is 9.85. The van der Waals surface area contributed by atoms with E-state index in [2.05, 4.69) is 0 Å². The molecular formula is C30H38O9. The van der Waals surface area contributed by atoms with Crippen LogP contribution in [0.5, 0.6) is 0 Å². The summed E-state index contributed by atoms with van der Waals surface area (Å²) in [7, 11) is 1.26. The highest BCUT2D eigenvalue weighted by atomic mass is 16.6. The first-order valence-corrected chi connectivity index (χ1v) is 13.6. The molecule has 0 aromatic rings. The lowest BCUT2D eigenvalue weighted by molar-refractivity contribution is -0.218. The van der Waals surface area contributed by atoms with Crippen LogP contribution in [-0.4, -0.2) is 49.0 Å². The highest BCUT2D eigenvalue weighted by Crippen LogP contribution is 2.79. The van der Waals surface area contributed by atoms with Crippen molar-refractivity contribution in [1.82, 2.24) is 0 Å². The zero-order valence-electron chi connectivity index (χ0n) is 24.2. The van der Waals surface area contributed by atoms with Crippen LogP contribution in [0.2, 0.25) is 0 Å². The number of ether oxygens (including phenoxy) is 4. The minimum absolute atomic E-state index is 0.00357. The fraction of sp³-hybridized carbons (Fsp3) is 0.700. The van der Waals surface area contributed by atoms with Crippen LogP contribution in [0, 0.1) is 38.9 Å². The highest BCUT2D eigenvalue weighted by molar-refractivity contribution is 6.12. The highest BCUT2D eigenvalue weighted by Gasteiger charge is 2.85. The average molecular weight is 545 g/mol. The van der Waals surface area contributed by atoms with Crippen molar-refractivity contribution in [2.45, 2.75) is 86.9 Å². The van der Waals surface area contributed by atoms with E-state index in [1.807, 2.05) is 26.8 Å². The second-order valence-corrected chi connectivity index (χ2v) is 13.1. The van der Waals surface area contributed by atoms with E-state index in [4.69, 9.17) is 18.9 Å². The van der Waals surface area contributed by atoms with Gasteiger partial charge in [-0.25, -0.2) is 0 Å². The number of carbonyl (C=O) groups excluding carboxylic acids is 5. The molecule has 0 radical (unpaired) electrons. The van der Waals surface area contributed by atoms with Crippen molar-refractivity contribution in [3.8, 4) is 0 Å². The molecule has 2 saturated carbocycles. The van der Waals surface area contributed by atoms with Crippen LogP contribution < -0.4 is 0 Å². The third kappa shape index (κ3) is 2.84. The Morgan fingerprint density at radius 2 is 1.67 bits per heavy atom. The summed E-state index contributed by atoms with van der Waals surface area (Å²) in [4.78, 5) is 66.6. The minimum atomic E-state index is -1.70. The molecule has 9 nitrogen and oxygen atoms in total. The zero-order valence-corrected chi connectivity index (χ0v) is 24.2. The normalized spacial score (nSPS) is 43.5. The van der Waals surface area contributed by atoms with Gasteiger partial charge in [-0.1, -0.05) is 32.4 Å². The van der Waals surface area contributed by atoms with Crippen molar-refractivity contribution in [3.05, 3.63) is 23.0 Å². The Balaban J connectivity index is 1.82. The molecule has 3 fully saturated rings. The van der Waals surface area contributed by atoms with Crippen molar-refractivity contribution < 1.29 is 42.9 Å². The van der Waals surface area contributed by atoms with E-state index < -0.39 is 57.1 Å². The molecule has 0 amide bonds. The molecule has 0 aromatic heterocycles. The number of Topliss-reactive ketones (excluding diaryl/α,β-unsaturated/α-hetero) is 1. The largest absolute Gasteiger partial charge is 0.468 e. The molecule has 0 aromatic carbocycles. The lowest BCUT2D eigenvalue weighted by Gasteiger charge is -2.66. The molecule has 1 saturated heterocycles. The lowest BCUT2D eigenvalue weighted by Crippen LogP contribution is -2.71. The molecule has 212 valence electrons. The second kappa shape index (κ2) is 8.04. The van der Waals surface area contributed by atoms with E-state index in [9.17, 15) is 24.0 Å². The smallest absolute Gasteiger partial charge is 0.321 e. The number of esters is 4. The molecule has 5 aliphatic rings. The van der Waals surface area contributed by atoms with Crippen LogP contribution in [0.15, 0.2) is 23.0 Å². The molecule has 8 atom stereocenters. The number of fused-ring (bicyclic) bond motifs is 3. The number of hydrogen-bond acceptors (Lipinski definition) is 9. The molecule has 1 heterocycles. The Morgan fingerprint density at radius 3 is 2.23 bits per heavy atom. The monoisotopic (exact) mass is 544 g/mol. The molecule has 5 rings (SSSR count). The standard InChI is InChI=1S/C30H38O9/c1-14-12-19-27(7,30(25(35)36-9)23(38-17(4)32)15(2)22(33)28(14,30)8)13-18-21-26(5,6)20(37-16(3)31)10-11-29(19,21)24(34)39-18/h12,18-21H,10-11,13H2,1-9H3/t18-,19+,20-,21?,27-,28-,29+,30+/m1/s1/i23+1,25+1. The minimum Gasteiger partial charge on any atom is -0.468 e. The number of hydrogen-bond donors (Lipinski definition) is 0. The van der Waals surface area contributed by atoms with Crippen LogP contribution in [0.25, 0.3) is 0 Å². The Morgan fingerprint density at radius 1 is 1.03 bits per heavy atom. The van der Waals surface area contributed by atoms with E-state index in [-0.39, 0.29) is 41.4 Å². The quantitative estimate of drug-likeness (QED) is 0.226. The summed E-state index contributed by atoms with van der Waals surface area (Å²) in [5.41, 5.74) is -5.02. The van der Waals surface area contributed by atoms with Gasteiger partial charge in [0.25, 0.3) is 0 Å². The van der Waals surface area contributed by atoms with Crippen molar-refractivity contribution in [2.24, 2.45) is 38.9 Å². The van der Waals surface area contributed by atoms with Crippen LogP contribution in [0.1, 0.15) is 74.7 Å². The van der Waals surface area contributed by atoms with Gasteiger partial charge in [0, 0.05) is 42.1 Å². The summed E-state index contributed by atoms with van der Waals surface area (Å²) < 4.78 is 23.1. The van der Waals surface area contributed by atoms with Gasteiger partial charge in [0.1, 0.15) is 23.4 Å². The van der Waals surface area contributed by atoms with E-state index in [1.54, 1.807) is 20.8 Å². The molecule has 9 heteroatoms. The molecule has 1 unspecified atom stereocenters. The molecule has 4 aliphatic carbocycles. The van der Waals surface area contributed by atoms with E-state index in [1.165, 1.54) is 21.0 Å². The first kappa shape index (κ1) is 27.6. The molecule has 2 bridgehead atoms. The Labute approximate surface area is 228 Å². The Kier molecular flexibility index (Phi) is 5.69.